The highest BCUT2D eigenvalue weighted by molar-refractivity contribution is 5.19. The number of nitrogens with one attached hydrogen (secondary N) is 1. The molecule has 2 heterocycles. The molecule has 2 atom stereocenters. The Kier molecular flexibility index (Phi) is 3.03. The zero-order valence-corrected chi connectivity index (χ0v) is 9.36. The minimum absolute atomic E-state index is 0.120. The first-order valence-corrected chi connectivity index (χ1v) is 5.37. The Labute approximate surface area is 90.9 Å². The Morgan fingerprint density at radius 1 is 1.67 bits per heavy atom. The Hall–Kier alpha value is -0.930. The number of rotatable bonds is 3. The van der Waals surface area contributed by atoms with E-state index in [1.54, 1.807) is 7.11 Å². The summed E-state index contributed by atoms with van der Waals surface area (Å²) in [7, 11) is 1.75. The molecule has 1 fully saturated rings. The maximum Gasteiger partial charge on any atom is 0.0642 e. The van der Waals surface area contributed by atoms with E-state index < -0.39 is 0 Å². The molecule has 0 spiro atoms. The molecular formula is C12H18N2O. The van der Waals surface area contributed by atoms with Gasteiger partial charge >= 0.3 is 0 Å². The minimum atomic E-state index is 0.120. The molecule has 1 aliphatic heterocycles. The normalized spacial score (nSPS) is 30.7. The number of hydrogen-bond acceptors (Lipinski definition) is 3. The summed E-state index contributed by atoms with van der Waals surface area (Å²) in [5.41, 5.74) is 1.44. The van der Waals surface area contributed by atoms with Crippen molar-refractivity contribution in [2.24, 2.45) is 0 Å². The van der Waals surface area contributed by atoms with Crippen molar-refractivity contribution < 1.29 is 4.74 Å². The second kappa shape index (κ2) is 4.29. The van der Waals surface area contributed by atoms with Crippen LogP contribution in [0.1, 0.15) is 24.8 Å². The van der Waals surface area contributed by atoms with Crippen molar-refractivity contribution in [1.82, 2.24) is 10.3 Å². The number of pyridine rings is 1. The largest absolute Gasteiger partial charge is 0.383 e. The molecule has 82 valence electrons. The van der Waals surface area contributed by atoms with Crippen LogP contribution in [0.5, 0.6) is 0 Å². The first-order chi connectivity index (χ1) is 7.23. The van der Waals surface area contributed by atoms with Gasteiger partial charge in [-0.05, 0) is 30.9 Å². The molecule has 0 saturated carbocycles. The lowest BCUT2D eigenvalue weighted by Gasteiger charge is -2.23. The number of aromatic nitrogens is 1. The van der Waals surface area contributed by atoms with Gasteiger partial charge in [0, 0.05) is 31.6 Å². The molecule has 0 aliphatic carbocycles. The fourth-order valence-electron chi connectivity index (χ4n) is 2.34. The van der Waals surface area contributed by atoms with Crippen LogP contribution in [0.3, 0.4) is 0 Å². The van der Waals surface area contributed by atoms with Crippen molar-refractivity contribution in [2.45, 2.75) is 24.8 Å². The standard InChI is InChI=1S/C12H18N2O/c1-12(9-15-2)6-11(8-14-12)10-4-3-5-13-7-10/h3-5,7,11,14H,6,8-9H2,1-2H3. The molecule has 0 radical (unpaired) electrons. The summed E-state index contributed by atoms with van der Waals surface area (Å²) >= 11 is 0. The van der Waals surface area contributed by atoms with Crippen molar-refractivity contribution in [1.29, 1.82) is 0 Å². The molecule has 2 rings (SSSR count). The van der Waals surface area contributed by atoms with Gasteiger partial charge in [0.15, 0.2) is 0 Å². The molecule has 0 aromatic carbocycles. The Bertz CT molecular complexity index is 315. The van der Waals surface area contributed by atoms with Gasteiger partial charge in [0.1, 0.15) is 0 Å². The van der Waals surface area contributed by atoms with Crippen LogP contribution in [0.15, 0.2) is 24.5 Å². The van der Waals surface area contributed by atoms with Gasteiger partial charge in [0.25, 0.3) is 0 Å². The van der Waals surface area contributed by atoms with Crippen molar-refractivity contribution in [3.8, 4) is 0 Å². The molecule has 15 heavy (non-hydrogen) atoms. The molecular weight excluding hydrogens is 188 g/mol. The van der Waals surface area contributed by atoms with E-state index in [2.05, 4.69) is 23.3 Å². The molecule has 0 bridgehead atoms. The van der Waals surface area contributed by atoms with E-state index in [1.165, 1.54) is 5.56 Å². The summed E-state index contributed by atoms with van der Waals surface area (Å²) in [5.74, 6) is 0.568. The molecule has 3 heteroatoms. The van der Waals surface area contributed by atoms with Gasteiger partial charge in [-0.15, -0.1) is 0 Å². The molecule has 1 aliphatic rings. The Morgan fingerprint density at radius 3 is 3.20 bits per heavy atom. The summed E-state index contributed by atoms with van der Waals surface area (Å²) in [6.07, 6.45) is 4.90. The van der Waals surface area contributed by atoms with Gasteiger partial charge in [-0.3, -0.25) is 4.98 Å². The van der Waals surface area contributed by atoms with E-state index in [-0.39, 0.29) is 5.54 Å². The average molecular weight is 206 g/mol. The first kappa shape index (κ1) is 10.6. The van der Waals surface area contributed by atoms with Crippen molar-refractivity contribution >= 4 is 0 Å². The average Bonchev–Trinajstić information content (AvgIpc) is 2.63. The van der Waals surface area contributed by atoms with Crippen LogP contribution in [0.2, 0.25) is 0 Å². The predicted molar refractivity (Wildman–Crippen MR) is 59.9 cm³/mol. The molecule has 1 N–H and O–H groups in total. The minimum Gasteiger partial charge on any atom is -0.383 e. The van der Waals surface area contributed by atoms with Gasteiger partial charge in [-0.2, -0.15) is 0 Å². The molecule has 1 aromatic rings. The van der Waals surface area contributed by atoms with Crippen LogP contribution in [0.4, 0.5) is 0 Å². The third kappa shape index (κ3) is 2.36. The van der Waals surface area contributed by atoms with E-state index in [9.17, 15) is 0 Å². The van der Waals surface area contributed by atoms with E-state index in [0.29, 0.717) is 5.92 Å². The fourth-order valence-corrected chi connectivity index (χ4v) is 2.34. The maximum atomic E-state index is 5.23. The van der Waals surface area contributed by atoms with Gasteiger partial charge in [-0.25, -0.2) is 0 Å². The Balaban J connectivity index is 2.04. The van der Waals surface area contributed by atoms with Crippen LogP contribution >= 0.6 is 0 Å². The first-order valence-electron chi connectivity index (χ1n) is 5.37. The highest BCUT2D eigenvalue weighted by atomic mass is 16.5. The summed E-state index contributed by atoms with van der Waals surface area (Å²) in [6.45, 7) is 4.00. The number of methoxy groups -OCH3 is 1. The number of nitrogens with zero attached hydrogens (tertiary/aromatic N) is 1. The van der Waals surface area contributed by atoms with E-state index in [1.807, 2.05) is 18.5 Å². The zero-order chi connectivity index (χ0) is 10.7. The van der Waals surface area contributed by atoms with Crippen LogP contribution < -0.4 is 5.32 Å². The zero-order valence-electron chi connectivity index (χ0n) is 9.36. The smallest absolute Gasteiger partial charge is 0.0642 e. The van der Waals surface area contributed by atoms with E-state index in [0.717, 1.165) is 19.6 Å². The highest BCUT2D eigenvalue weighted by Gasteiger charge is 2.35. The topological polar surface area (TPSA) is 34.1 Å². The molecule has 3 nitrogen and oxygen atoms in total. The van der Waals surface area contributed by atoms with Crippen LogP contribution in [0.25, 0.3) is 0 Å². The predicted octanol–water partition coefficient (Wildman–Crippen LogP) is 1.56. The third-order valence-corrected chi connectivity index (χ3v) is 3.09. The van der Waals surface area contributed by atoms with Gasteiger partial charge in [-0.1, -0.05) is 6.07 Å². The van der Waals surface area contributed by atoms with Crippen LogP contribution in [-0.2, 0) is 4.74 Å². The Morgan fingerprint density at radius 2 is 2.53 bits per heavy atom. The SMILES string of the molecule is COCC1(C)CC(c2cccnc2)CN1. The third-order valence-electron chi connectivity index (χ3n) is 3.09. The summed E-state index contributed by atoms with van der Waals surface area (Å²) < 4.78 is 5.23. The summed E-state index contributed by atoms with van der Waals surface area (Å²) in [6, 6.07) is 4.15. The summed E-state index contributed by atoms with van der Waals surface area (Å²) in [4.78, 5) is 4.16. The van der Waals surface area contributed by atoms with E-state index in [4.69, 9.17) is 4.74 Å². The van der Waals surface area contributed by atoms with E-state index >= 15 is 0 Å². The fraction of sp³-hybridized carbons (Fsp3) is 0.583. The monoisotopic (exact) mass is 206 g/mol. The van der Waals surface area contributed by atoms with Gasteiger partial charge in [0.2, 0.25) is 0 Å². The molecule has 1 aromatic heterocycles. The van der Waals surface area contributed by atoms with Crippen LogP contribution in [0, 0.1) is 0 Å². The second-order valence-electron chi connectivity index (χ2n) is 4.56. The quantitative estimate of drug-likeness (QED) is 0.815. The molecule has 0 amide bonds. The maximum absolute atomic E-state index is 5.23. The van der Waals surface area contributed by atoms with Crippen molar-refractivity contribution in [3.63, 3.8) is 0 Å². The lowest BCUT2D eigenvalue weighted by molar-refractivity contribution is 0.129. The van der Waals surface area contributed by atoms with Crippen molar-refractivity contribution in [2.75, 3.05) is 20.3 Å². The highest BCUT2D eigenvalue weighted by Crippen LogP contribution is 2.31. The lowest BCUT2D eigenvalue weighted by Crippen LogP contribution is -2.40. The van der Waals surface area contributed by atoms with Crippen molar-refractivity contribution in [3.05, 3.63) is 30.1 Å². The lowest BCUT2D eigenvalue weighted by atomic mass is 9.91. The number of ether oxygens (including phenoxy) is 1. The van der Waals surface area contributed by atoms with Gasteiger partial charge < -0.3 is 10.1 Å². The number of hydrogen-bond donors (Lipinski definition) is 1. The van der Waals surface area contributed by atoms with Crippen LogP contribution in [-0.4, -0.2) is 30.8 Å². The molecule has 2 unspecified atom stereocenters. The summed E-state index contributed by atoms with van der Waals surface area (Å²) in [5, 5.41) is 3.53. The second-order valence-corrected chi connectivity index (χ2v) is 4.56. The molecule has 1 saturated heterocycles. The van der Waals surface area contributed by atoms with Gasteiger partial charge in [0.05, 0.1) is 6.61 Å².